The topological polar surface area (TPSA) is 66.9 Å². The van der Waals surface area contributed by atoms with Gasteiger partial charge in [0.05, 0.1) is 0 Å². The van der Waals surface area contributed by atoms with Crippen molar-refractivity contribution in [2.24, 2.45) is 0 Å². The number of sulfonamides is 1. The molecule has 1 aromatic heterocycles. The van der Waals surface area contributed by atoms with Crippen molar-refractivity contribution in [3.05, 3.63) is 17.0 Å². The largest absolute Gasteiger partial charge is 0.385 e. The minimum atomic E-state index is -3.59. The lowest BCUT2D eigenvalue weighted by atomic mass is 10.2. The fraction of sp³-hybridized carbons (Fsp3) is 0.667. The fourth-order valence-corrected chi connectivity index (χ4v) is 5.82. The third kappa shape index (κ3) is 4.12. The molecule has 1 unspecified atom stereocenters. The molecule has 0 spiro atoms. The number of rotatable bonds is 7. The van der Waals surface area contributed by atoms with Gasteiger partial charge in [-0.1, -0.05) is 0 Å². The molecule has 8 heteroatoms. The number of methoxy groups -OCH3 is 1. The zero-order valence-corrected chi connectivity index (χ0v) is 15.5. The molecule has 1 aliphatic heterocycles. The summed E-state index contributed by atoms with van der Waals surface area (Å²) in [5, 5.41) is 0. The Balaban J connectivity index is 2.12. The Kier molecular flexibility index (Phi) is 6.19. The van der Waals surface area contributed by atoms with Crippen molar-refractivity contribution in [3.8, 4) is 0 Å². The summed E-state index contributed by atoms with van der Waals surface area (Å²) in [6.45, 7) is 3.43. The van der Waals surface area contributed by atoms with Gasteiger partial charge in [0, 0.05) is 38.7 Å². The Morgan fingerprint density at radius 1 is 1.48 bits per heavy atom. The fourth-order valence-electron chi connectivity index (χ4n) is 2.75. The van der Waals surface area contributed by atoms with Crippen LogP contribution >= 0.6 is 11.3 Å². The molecule has 0 aromatic carbocycles. The number of carbonyl (C=O) groups is 1. The van der Waals surface area contributed by atoms with Crippen LogP contribution < -0.4 is 0 Å². The van der Waals surface area contributed by atoms with Crippen LogP contribution in [0.1, 0.15) is 24.1 Å². The SMILES string of the molecule is COCCCN(C)C(=O)C1CCCN1S(=O)(=O)c1ccc(C)s1. The molecular formula is C15H24N2O4S2. The summed E-state index contributed by atoms with van der Waals surface area (Å²) in [7, 11) is -0.251. The maximum Gasteiger partial charge on any atom is 0.253 e. The summed E-state index contributed by atoms with van der Waals surface area (Å²) in [5.41, 5.74) is 0. The van der Waals surface area contributed by atoms with E-state index in [-0.39, 0.29) is 5.91 Å². The predicted molar refractivity (Wildman–Crippen MR) is 90.1 cm³/mol. The highest BCUT2D eigenvalue weighted by Gasteiger charge is 2.40. The van der Waals surface area contributed by atoms with Gasteiger partial charge in [0.15, 0.2) is 0 Å². The molecule has 0 radical (unpaired) electrons. The van der Waals surface area contributed by atoms with Gasteiger partial charge >= 0.3 is 0 Å². The van der Waals surface area contributed by atoms with Crippen molar-refractivity contribution in [2.45, 2.75) is 36.4 Å². The molecule has 1 amide bonds. The third-order valence-corrected chi connectivity index (χ3v) is 7.36. The van der Waals surface area contributed by atoms with Crippen molar-refractivity contribution in [2.75, 3.05) is 33.9 Å². The number of likely N-dealkylation sites (N-methyl/N-ethyl adjacent to an activating group) is 1. The molecule has 0 bridgehead atoms. The van der Waals surface area contributed by atoms with Crippen LogP contribution in [-0.2, 0) is 19.6 Å². The second-order valence-corrected chi connectivity index (χ2v) is 9.15. The number of hydrogen-bond acceptors (Lipinski definition) is 5. The summed E-state index contributed by atoms with van der Waals surface area (Å²) in [5.74, 6) is -0.129. The average Bonchev–Trinajstić information content (AvgIpc) is 3.15. The Labute approximate surface area is 142 Å². The number of carbonyl (C=O) groups excluding carboxylic acids is 1. The second kappa shape index (κ2) is 7.74. The Bertz CT molecular complexity index is 642. The van der Waals surface area contributed by atoms with Gasteiger partial charge in [0.1, 0.15) is 10.3 Å². The van der Waals surface area contributed by atoms with E-state index in [1.165, 1.54) is 15.6 Å². The van der Waals surface area contributed by atoms with Crippen LogP contribution in [0.4, 0.5) is 0 Å². The number of nitrogens with zero attached hydrogens (tertiary/aromatic N) is 2. The van der Waals surface area contributed by atoms with E-state index in [0.29, 0.717) is 36.7 Å². The molecular weight excluding hydrogens is 336 g/mol. The summed E-state index contributed by atoms with van der Waals surface area (Å²) in [6, 6.07) is 2.83. The average molecular weight is 361 g/mol. The highest BCUT2D eigenvalue weighted by Crippen LogP contribution is 2.30. The lowest BCUT2D eigenvalue weighted by molar-refractivity contribution is -0.133. The molecule has 0 aliphatic carbocycles. The van der Waals surface area contributed by atoms with Gasteiger partial charge in [-0.15, -0.1) is 11.3 Å². The Hall–Kier alpha value is -0.960. The first kappa shape index (κ1) is 18.4. The number of ether oxygens (including phenoxy) is 1. The van der Waals surface area contributed by atoms with Crippen molar-refractivity contribution >= 4 is 27.3 Å². The molecule has 0 N–H and O–H groups in total. The second-order valence-electron chi connectivity index (χ2n) is 5.75. The van der Waals surface area contributed by atoms with Crippen molar-refractivity contribution in [3.63, 3.8) is 0 Å². The monoisotopic (exact) mass is 360 g/mol. The molecule has 1 atom stereocenters. The summed E-state index contributed by atoms with van der Waals surface area (Å²) in [4.78, 5) is 15.2. The Morgan fingerprint density at radius 3 is 2.83 bits per heavy atom. The third-order valence-electron chi connectivity index (χ3n) is 3.99. The van der Waals surface area contributed by atoms with Gasteiger partial charge in [-0.3, -0.25) is 4.79 Å². The predicted octanol–water partition coefficient (Wildman–Crippen LogP) is 1.70. The van der Waals surface area contributed by atoms with E-state index >= 15 is 0 Å². The van der Waals surface area contributed by atoms with Crippen LogP contribution in [0.15, 0.2) is 16.3 Å². The molecule has 2 heterocycles. The number of thiophene rings is 1. The van der Waals surface area contributed by atoms with Crippen LogP contribution in [0.5, 0.6) is 0 Å². The highest BCUT2D eigenvalue weighted by atomic mass is 32.2. The summed E-state index contributed by atoms with van der Waals surface area (Å²) >= 11 is 1.25. The van der Waals surface area contributed by atoms with E-state index in [1.807, 2.05) is 6.92 Å². The van der Waals surface area contributed by atoms with Crippen LogP contribution in [0.2, 0.25) is 0 Å². The van der Waals surface area contributed by atoms with E-state index in [2.05, 4.69) is 0 Å². The van der Waals surface area contributed by atoms with Gasteiger partial charge in [0.2, 0.25) is 5.91 Å². The standard InChI is InChI=1S/C15H24N2O4S2/c1-12-7-8-14(22-12)23(19,20)17-10-4-6-13(17)15(18)16(2)9-5-11-21-3/h7-8,13H,4-6,9-11H2,1-3H3. The normalized spacial score (nSPS) is 19.2. The van der Waals surface area contributed by atoms with Gasteiger partial charge < -0.3 is 9.64 Å². The quantitative estimate of drug-likeness (QED) is 0.694. The first-order chi connectivity index (χ1) is 10.9. The zero-order chi connectivity index (χ0) is 17.0. The highest BCUT2D eigenvalue weighted by molar-refractivity contribution is 7.91. The molecule has 2 rings (SSSR count). The number of hydrogen-bond donors (Lipinski definition) is 0. The molecule has 1 aliphatic rings. The first-order valence-corrected chi connectivity index (χ1v) is 9.95. The number of aryl methyl sites for hydroxylation is 1. The molecule has 1 saturated heterocycles. The van der Waals surface area contributed by atoms with E-state index < -0.39 is 16.1 Å². The van der Waals surface area contributed by atoms with Crippen LogP contribution in [-0.4, -0.2) is 63.4 Å². The molecule has 23 heavy (non-hydrogen) atoms. The van der Waals surface area contributed by atoms with E-state index in [9.17, 15) is 13.2 Å². The van der Waals surface area contributed by atoms with Crippen molar-refractivity contribution in [1.82, 2.24) is 9.21 Å². The minimum Gasteiger partial charge on any atom is -0.385 e. The summed E-state index contributed by atoms with van der Waals surface area (Å²) < 4.78 is 32.3. The number of amides is 1. The maximum absolute atomic E-state index is 12.8. The molecule has 1 aromatic rings. The molecule has 6 nitrogen and oxygen atoms in total. The van der Waals surface area contributed by atoms with Gasteiger partial charge in [0.25, 0.3) is 10.0 Å². The lowest BCUT2D eigenvalue weighted by Gasteiger charge is -2.27. The van der Waals surface area contributed by atoms with Crippen molar-refractivity contribution < 1.29 is 17.9 Å². The van der Waals surface area contributed by atoms with Gasteiger partial charge in [-0.2, -0.15) is 4.31 Å². The Morgan fingerprint density at radius 2 is 2.22 bits per heavy atom. The van der Waals surface area contributed by atoms with Crippen molar-refractivity contribution in [1.29, 1.82) is 0 Å². The van der Waals surface area contributed by atoms with Crippen LogP contribution in [0.25, 0.3) is 0 Å². The van der Waals surface area contributed by atoms with Gasteiger partial charge in [-0.05, 0) is 38.3 Å². The van der Waals surface area contributed by atoms with Crippen LogP contribution in [0, 0.1) is 6.92 Å². The smallest absolute Gasteiger partial charge is 0.253 e. The van der Waals surface area contributed by atoms with Gasteiger partial charge in [-0.25, -0.2) is 8.42 Å². The molecule has 1 fully saturated rings. The van der Waals surface area contributed by atoms with E-state index in [0.717, 1.165) is 11.3 Å². The lowest BCUT2D eigenvalue weighted by Crippen LogP contribution is -2.46. The minimum absolute atomic E-state index is 0.129. The maximum atomic E-state index is 12.8. The molecule has 130 valence electrons. The zero-order valence-electron chi connectivity index (χ0n) is 13.8. The summed E-state index contributed by atoms with van der Waals surface area (Å²) in [6.07, 6.45) is 2.03. The molecule has 0 saturated carbocycles. The first-order valence-electron chi connectivity index (χ1n) is 7.70. The van der Waals surface area contributed by atoms with E-state index in [4.69, 9.17) is 4.74 Å². The van der Waals surface area contributed by atoms with E-state index in [1.54, 1.807) is 31.2 Å². The van der Waals surface area contributed by atoms with Crippen LogP contribution in [0.3, 0.4) is 0 Å².